The maximum Gasteiger partial charge on any atom is 0.338 e. The number of aryl methyl sites for hydroxylation is 3. The third kappa shape index (κ3) is 9.97. The summed E-state index contributed by atoms with van der Waals surface area (Å²) in [6, 6.07) is 29.5. The Hall–Kier alpha value is -4.94. The summed E-state index contributed by atoms with van der Waals surface area (Å²) >= 11 is 0. The molecule has 0 aliphatic carbocycles. The van der Waals surface area contributed by atoms with Crippen molar-refractivity contribution < 1.29 is 51.9 Å². The van der Waals surface area contributed by atoms with Crippen molar-refractivity contribution in [1.82, 2.24) is 0 Å². The van der Waals surface area contributed by atoms with Gasteiger partial charge >= 0.3 is 17.9 Å². The van der Waals surface area contributed by atoms with E-state index in [1.807, 2.05) is 58.0 Å². The van der Waals surface area contributed by atoms with Crippen LogP contribution in [0.4, 0.5) is 4.39 Å². The number of benzene rings is 4. The average molecular weight is 741 g/mol. The van der Waals surface area contributed by atoms with Crippen LogP contribution in [-0.2, 0) is 39.8 Å². The highest BCUT2D eigenvalue weighted by molar-refractivity contribution is 5.91. The minimum Gasteiger partial charge on any atom is -0.452 e. The summed E-state index contributed by atoms with van der Waals surface area (Å²) in [4.78, 5) is 40.6. The van der Waals surface area contributed by atoms with Crippen LogP contribution >= 0.6 is 0 Å². The average Bonchev–Trinajstić information content (AvgIpc) is 3.17. The summed E-state index contributed by atoms with van der Waals surface area (Å²) in [6.45, 7) is 7.61. The second-order valence-corrected chi connectivity index (χ2v) is 13.8. The van der Waals surface area contributed by atoms with Crippen molar-refractivity contribution in [2.24, 2.45) is 0 Å². The second kappa shape index (κ2) is 17.9. The zero-order chi connectivity index (χ0) is 38.2. The highest BCUT2D eigenvalue weighted by atomic mass is 19.1. The lowest BCUT2D eigenvalue weighted by Gasteiger charge is -2.43. The van der Waals surface area contributed by atoms with Crippen molar-refractivity contribution in [2.45, 2.75) is 96.4 Å². The van der Waals surface area contributed by atoms with Crippen molar-refractivity contribution in [3.8, 4) is 0 Å². The molecule has 2 heterocycles. The molecule has 10 nitrogen and oxygen atoms in total. The van der Waals surface area contributed by atoms with Gasteiger partial charge in [-0.3, -0.25) is 0 Å². The van der Waals surface area contributed by atoms with E-state index in [1.165, 1.54) is 12.1 Å². The molecule has 0 N–H and O–H groups in total. The molecular formula is C43H45FO10. The number of esters is 3. The van der Waals surface area contributed by atoms with Crippen LogP contribution in [-0.4, -0.2) is 73.8 Å². The van der Waals surface area contributed by atoms with E-state index < -0.39 is 55.0 Å². The molecule has 0 radical (unpaired) electrons. The van der Waals surface area contributed by atoms with E-state index in [4.69, 9.17) is 33.2 Å². The smallest absolute Gasteiger partial charge is 0.338 e. The fourth-order valence-corrected chi connectivity index (χ4v) is 6.30. The molecule has 8 atom stereocenters. The normalized spacial score (nSPS) is 25.4. The lowest BCUT2D eigenvalue weighted by atomic mass is 9.98. The molecule has 0 spiro atoms. The first-order chi connectivity index (χ1) is 26.0. The van der Waals surface area contributed by atoms with Crippen LogP contribution in [0, 0.1) is 20.8 Å². The standard InChI is InChI=1S/C43H45FO10/c1-26-10-16-31(17-11-26)41(45)52-37-35(25-49-36-23-22-34(29(4)50-36)48-24-30-8-6-5-7-9-30)51-40(44)39(54-43(47)33-20-14-28(3)15-21-33)38(37)53-42(46)32-18-12-27(2)13-19-32/h5-21,29,34-40H,22-25H2,1-4H3/t29-,34+,35+,36+,37+,38-,39+,40+/m0/s1. The predicted octanol–water partition coefficient (Wildman–Crippen LogP) is 7.41. The molecule has 2 saturated heterocycles. The first-order valence-corrected chi connectivity index (χ1v) is 18.1. The van der Waals surface area contributed by atoms with Crippen molar-refractivity contribution in [3.05, 3.63) is 142 Å². The van der Waals surface area contributed by atoms with E-state index in [1.54, 1.807) is 60.7 Å². The molecule has 0 amide bonds. The van der Waals surface area contributed by atoms with Crippen molar-refractivity contribution in [1.29, 1.82) is 0 Å². The second-order valence-electron chi connectivity index (χ2n) is 13.8. The van der Waals surface area contributed by atoms with Gasteiger partial charge in [-0.15, -0.1) is 0 Å². The van der Waals surface area contributed by atoms with Crippen molar-refractivity contribution >= 4 is 17.9 Å². The maximum absolute atomic E-state index is 16.2. The van der Waals surface area contributed by atoms with E-state index in [-0.39, 0.29) is 35.5 Å². The first kappa shape index (κ1) is 38.8. The van der Waals surface area contributed by atoms with Gasteiger partial charge in [0.05, 0.1) is 42.1 Å². The predicted molar refractivity (Wildman–Crippen MR) is 195 cm³/mol. The lowest BCUT2D eigenvalue weighted by molar-refractivity contribution is -0.284. The van der Waals surface area contributed by atoms with E-state index in [9.17, 15) is 14.4 Å². The quantitative estimate of drug-likeness (QED) is 0.107. The van der Waals surface area contributed by atoms with Gasteiger partial charge in [-0.1, -0.05) is 83.4 Å². The number of carbonyl (C=O) groups excluding carboxylic acids is 3. The summed E-state index contributed by atoms with van der Waals surface area (Å²) in [7, 11) is 0. The van der Waals surface area contributed by atoms with Gasteiger partial charge in [0.2, 0.25) is 6.36 Å². The van der Waals surface area contributed by atoms with Crippen molar-refractivity contribution in [2.75, 3.05) is 6.61 Å². The van der Waals surface area contributed by atoms with Crippen LogP contribution in [0.3, 0.4) is 0 Å². The van der Waals surface area contributed by atoms with Crippen LogP contribution in [0.25, 0.3) is 0 Å². The summed E-state index contributed by atoms with van der Waals surface area (Å²) in [5.74, 6) is -2.51. The summed E-state index contributed by atoms with van der Waals surface area (Å²) in [5, 5.41) is 0. The van der Waals surface area contributed by atoms with E-state index in [2.05, 4.69) is 0 Å². The Balaban J connectivity index is 1.23. The molecule has 11 heteroatoms. The number of alkyl halides is 1. The summed E-state index contributed by atoms with van der Waals surface area (Å²) in [5.41, 5.74) is 4.28. The monoisotopic (exact) mass is 740 g/mol. The van der Waals surface area contributed by atoms with Gasteiger partial charge in [0.1, 0.15) is 6.10 Å². The third-order valence-electron chi connectivity index (χ3n) is 9.50. The van der Waals surface area contributed by atoms with E-state index in [0.29, 0.717) is 19.4 Å². The zero-order valence-electron chi connectivity index (χ0n) is 30.7. The van der Waals surface area contributed by atoms with Crippen LogP contribution in [0.15, 0.2) is 103 Å². The molecule has 4 aromatic carbocycles. The molecule has 0 bridgehead atoms. The Morgan fingerprint density at radius 2 is 1.09 bits per heavy atom. The number of hydrogen-bond acceptors (Lipinski definition) is 10. The van der Waals surface area contributed by atoms with Crippen LogP contribution < -0.4 is 0 Å². The summed E-state index contributed by atoms with van der Waals surface area (Å²) < 4.78 is 58.0. The fourth-order valence-electron chi connectivity index (χ4n) is 6.30. The Morgan fingerprint density at radius 1 is 0.611 bits per heavy atom. The van der Waals surface area contributed by atoms with Gasteiger partial charge in [0.25, 0.3) is 0 Å². The highest BCUT2D eigenvalue weighted by Gasteiger charge is 2.53. The van der Waals surface area contributed by atoms with Gasteiger partial charge in [0, 0.05) is 6.42 Å². The largest absolute Gasteiger partial charge is 0.452 e. The van der Waals surface area contributed by atoms with Gasteiger partial charge in [0.15, 0.2) is 24.6 Å². The van der Waals surface area contributed by atoms with E-state index in [0.717, 1.165) is 22.3 Å². The van der Waals surface area contributed by atoms with Crippen LogP contribution in [0.5, 0.6) is 0 Å². The molecule has 0 aromatic heterocycles. The van der Waals surface area contributed by atoms with Gasteiger partial charge in [-0.2, -0.15) is 0 Å². The number of rotatable bonds is 12. The number of halogens is 1. The molecule has 2 fully saturated rings. The van der Waals surface area contributed by atoms with Gasteiger partial charge in [-0.25, -0.2) is 18.8 Å². The molecular weight excluding hydrogens is 695 g/mol. The molecule has 0 unspecified atom stereocenters. The Bertz CT molecular complexity index is 1850. The van der Waals surface area contributed by atoms with E-state index >= 15 is 4.39 Å². The first-order valence-electron chi connectivity index (χ1n) is 18.1. The number of ether oxygens (including phenoxy) is 7. The number of hydrogen-bond donors (Lipinski definition) is 0. The van der Waals surface area contributed by atoms with Crippen LogP contribution in [0.2, 0.25) is 0 Å². The number of carbonyl (C=O) groups is 3. The maximum atomic E-state index is 16.2. The minimum atomic E-state index is -2.29. The molecule has 4 aromatic rings. The molecule has 284 valence electrons. The molecule has 6 rings (SSSR count). The highest BCUT2D eigenvalue weighted by Crippen LogP contribution is 2.33. The summed E-state index contributed by atoms with van der Waals surface area (Å²) in [6.07, 6.45) is -8.62. The SMILES string of the molecule is Cc1ccc(C(=O)O[C@@H]2[C@@H](OC(=O)c3ccc(C)cc3)[C@H](F)O[C@H](CO[C@H]3CC[C@@H](OCc4ccccc4)[C@H](C)O3)[C@H]2OC(=O)c2ccc(C)cc2)cc1. The van der Waals surface area contributed by atoms with Gasteiger partial charge < -0.3 is 33.2 Å². The molecule has 0 saturated carbocycles. The van der Waals surface area contributed by atoms with Crippen LogP contribution in [0.1, 0.15) is 73.1 Å². The molecule has 54 heavy (non-hydrogen) atoms. The third-order valence-corrected chi connectivity index (χ3v) is 9.50. The Kier molecular flexibility index (Phi) is 12.9. The van der Waals surface area contributed by atoms with Gasteiger partial charge in [-0.05, 0) is 76.1 Å². The lowest BCUT2D eigenvalue weighted by Crippen LogP contribution is -2.61. The van der Waals surface area contributed by atoms with Crippen molar-refractivity contribution in [3.63, 3.8) is 0 Å². The fraction of sp³-hybridized carbons (Fsp3) is 0.372. The Morgan fingerprint density at radius 3 is 1.59 bits per heavy atom. The molecule has 2 aliphatic heterocycles. The topological polar surface area (TPSA) is 116 Å². The molecule has 2 aliphatic rings. The Labute approximate surface area is 314 Å². The minimum absolute atomic E-state index is 0.143. The zero-order valence-corrected chi connectivity index (χ0v) is 30.7.